The number of likely N-dealkylation sites (N-methyl/N-ethyl adjacent to an activating group) is 1. The van der Waals surface area contributed by atoms with Crippen LogP contribution in [0, 0.1) is 0 Å². The maximum atomic E-state index is 11.8. The lowest BCUT2D eigenvalue weighted by molar-refractivity contribution is -0.127. The van der Waals surface area contributed by atoms with Gasteiger partial charge in [0.15, 0.2) is 5.96 Å². The molecular weight excluding hydrogens is 453 g/mol. The summed E-state index contributed by atoms with van der Waals surface area (Å²) in [5, 5.41) is 3.30. The molecule has 1 fully saturated rings. The maximum Gasteiger partial charge on any atom is 0.243 e. The third kappa shape index (κ3) is 8.30. The lowest BCUT2D eigenvalue weighted by Gasteiger charge is -2.36. The quantitative estimate of drug-likeness (QED) is 0.381. The number of carbonyl (C=O) groups is 1. The molecule has 7 heteroatoms. The molecule has 1 aromatic rings. The van der Waals surface area contributed by atoms with Crippen molar-refractivity contribution in [2.45, 2.75) is 6.92 Å². The van der Waals surface area contributed by atoms with Crippen molar-refractivity contribution < 1.29 is 4.79 Å². The van der Waals surface area contributed by atoms with Crippen LogP contribution in [0.25, 0.3) is 6.08 Å². The second-order valence-electron chi connectivity index (χ2n) is 6.56. The molecule has 0 saturated carbocycles. The van der Waals surface area contributed by atoms with E-state index in [9.17, 15) is 4.79 Å². The first kappa shape index (κ1) is 23.4. The van der Waals surface area contributed by atoms with Crippen LogP contribution in [0.3, 0.4) is 0 Å². The summed E-state index contributed by atoms with van der Waals surface area (Å²) in [6.07, 6.45) is 4.39. The van der Waals surface area contributed by atoms with Crippen molar-refractivity contribution in [2.24, 2.45) is 4.99 Å². The lowest BCUT2D eigenvalue weighted by Crippen LogP contribution is -2.52. The van der Waals surface area contributed by atoms with Crippen LogP contribution in [0.4, 0.5) is 0 Å². The summed E-state index contributed by atoms with van der Waals surface area (Å²) in [5.74, 6) is 0.854. The number of piperazine rings is 1. The minimum Gasteiger partial charge on any atom is -0.357 e. The highest BCUT2D eigenvalue weighted by Gasteiger charge is 2.19. The van der Waals surface area contributed by atoms with Crippen LogP contribution in [0.1, 0.15) is 12.5 Å². The third-order valence-corrected chi connectivity index (χ3v) is 4.34. The predicted molar refractivity (Wildman–Crippen MR) is 124 cm³/mol. The van der Waals surface area contributed by atoms with E-state index >= 15 is 0 Å². The summed E-state index contributed by atoms with van der Waals surface area (Å²) < 4.78 is 0. The molecule has 1 amide bonds. The van der Waals surface area contributed by atoms with E-state index in [0.29, 0.717) is 0 Å². The number of halogens is 1. The lowest BCUT2D eigenvalue weighted by atomic mass is 10.2. The topological polar surface area (TPSA) is 51.2 Å². The van der Waals surface area contributed by atoms with Crippen molar-refractivity contribution in [3.63, 3.8) is 0 Å². The molecule has 2 rings (SSSR count). The van der Waals surface area contributed by atoms with Gasteiger partial charge in [-0.25, -0.2) is 4.99 Å². The summed E-state index contributed by atoms with van der Waals surface area (Å²) in [6.45, 7) is 7.81. The average Bonchev–Trinajstić information content (AvgIpc) is 2.66. The van der Waals surface area contributed by atoms with E-state index in [1.165, 1.54) is 5.56 Å². The Kier molecular flexibility index (Phi) is 11.0. The zero-order valence-electron chi connectivity index (χ0n) is 16.6. The number of aliphatic imine (C=N–C) groups is 1. The average molecular weight is 485 g/mol. The highest BCUT2D eigenvalue weighted by atomic mass is 127. The van der Waals surface area contributed by atoms with Crippen molar-refractivity contribution in [3.8, 4) is 0 Å². The number of hydrogen-bond acceptors (Lipinski definition) is 3. The molecule has 0 aromatic heterocycles. The second-order valence-corrected chi connectivity index (χ2v) is 6.56. The molecule has 1 saturated heterocycles. The van der Waals surface area contributed by atoms with E-state index in [0.717, 1.165) is 45.2 Å². The molecule has 0 atom stereocenters. The Morgan fingerprint density at radius 3 is 2.44 bits per heavy atom. The predicted octanol–water partition coefficient (Wildman–Crippen LogP) is 1.99. The van der Waals surface area contributed by atoms with Crippen molar-refractivity contribution >= 4 is 41.9 Å². The van der Waals surface area contributed by atoms with Crippen LogP contribution in [0.5, 0.6) is 0 Å². The highest BCUT2D eigenvalue weighted by Crippen LogP contribution is 2.05. The van der Waals surface area contributed by atoms with E-state index in [4.69, 9.17) is 0 Å². The Morgan fingerprint density at radius 2 is 1.85 bits per heavy atom. The first-order valence-corrected chi connectivity index (χ1v) is 9.27. The van der Waals surface area contributed by atoms with Gasteiger partial charge in [-0.1, -0.05) is 42.5 Å². The molecule has 1 N–H and O–H groups in total. The first-order valence-electron chi connectivity index (χ1n) is 9.27. The standard InChI is InChI=1S/C20H31N5O.HI/c1-4-21-20(22-17-19(26)23(2)3)25-15-13-24(14-16-25)12-8-11-18-9-6-5-7-10-18;/h5-11H,4,12-17H2,1-3H3,(H,21,22);1H/b11-8+;. The van der Waals surface area contributed by atoms with E-state index in [2.05, 4.69) is 56.5 Å². The molecule has 0 radical (unpaired) electrons. The summed E-state index contributed by atoms with van der Waals surface area (Å²) in [4.78, 5) is 22.5. The molecule has 1 aliphatic rings. The summed E-state index contributed by atoms with van der Waals surface area (Å²) in [7, 11) is 3.51. The Morgan fingerprint density at radius 1 is 1.19 bits per heavy atom. The van der Waals surface area contributed by atoms with Gasteiger partial charge >= 0.3 is 0 Å². The van der Waals surface area contributed by atoms with Gasteiger partial charge in [0.05, 0.1) is 0 Å². The molecule has 1 aromatic carbocycles. The maximum absolute atomic E-state index is 11.8. The zero-order valence-corrected chi connectivity index (χ0v) is 18.9. The number of hydrogen-bond donors (Lipinski definition) is 1. The highest BCUT2D eigenvalue weighted by molar-refractivity contribution is 14.0. The number of guanidine groups is 1. The van der Waals surface area contributed by atoms with E-state index in [1.54, 1.807) is 19.0 Å². The minimum absolute atomic E-state index is 0. The van der Waals surface area contributed by atoms with E-state index in [-0.39, 0.29) is 36.4 Å². The molecule has 1 aliphatic heterocycles. The number of nitrogens with zero attached hydrogens (tertiary/aromatic N) is 4. The van der Waals surface area contributed by atoms with Crippen LogP contribution in [0.15, 0.2) is 41.4 Å². The fourth-order valence-corrected chi connectivity index (χ4v) is 2.75. The second kappa shape index (κ2) is 12.7. The molecule has 150 valence electrons. The van der Waals surface area contributed by atoms with Crippen molar-refractivity contribution in [1.29, 1.82) is 0 Å². The Hall–Kier alpha value is -1.61. The molecule has 0 aliphatic carbocycles. The SMILES string of the molecule is CCNC(=NCC(=O)N(C)C)N1CCN(C/C=C/c2ccccc2)CC1.I. The Balaban J connectivity index is 0.00000364. The third-order valence-electron chi connectivity index (χ3n) is 4.34. The minimum atomic E-state index is 0. The smallest absolute Gasteiger partial charge is 0.243 e. The zero-order chi connectivity index (χ0) is 18.8. The molecule has 1 heterocycles. The molecule has 0 unspecified atom stereocenters. The molecule has 27 heavy (non-hydrogen) atoms. The monoisotopic (exact) mass is 485 g/mol. The van der Waals surface area contributed by atoms with Crippen LogP contribution in [0.2, 0.25) is 0 Å². The van der Waals surface area contributed by atoms with Crippen LogP contribution in [-0.4, -0.2) is 86.5 Å². The molecule has 0 spiro atoms. The Bertz CT molecular complexity index is 610. The number of nitrogens with one attached hydrogen (secondary N) is 1. The van der Waals surface area contributed by atoms with Gasteiger partial charge in [0.1, 0.15) is 6.54 Å². The van der Waals surface area contributed by atoms with Crippen molar-refractivity contribution in [2.75, 3.05) is 59.9 Å². The molecule has 0 bridgehead atoms. The fraction of sp³-hybridized carbons (Fsp3) is 0.500. The van der Waals surface area contributed by atoms with Gasteiger partial charge in [-0.3, -0.25) is 9.69 Å². The van der Waals surface area contributed by atoms with Crippen LogP contribution in [-0.2, 0) is 4.79 Å². The van der Waals surface area contributed by atoms with Gasteiger partial charge in [-0.2, -0.15) is 0 Å². The number of amides is 1. The van der Waals surface area contributed by atoms with Gasteiger partial charge in [0.2, 0.25) is 5.91 Å². The number of benzene rings is 1. The van der Waals surface area contributed by atoms with Crippen molar-refractivity contribution in [1.82, 2.24) is 20.0 Å². The van der Waals surface area contributed by atoms with Gasteiger partial charge in [0.25, 0.3) is 0 Å². The van der Waals surface area contributed by atoms with E-state index < -0.39 is 0 Å². The fourth-order valence-electron chi connectivity index (χ4n) is 2.75. The molecule has 6 nitrogen and oxygen atoms in total. The Labute approximate surface area is 180 Å². The summed E-state index contributed by atoms with van der Waals surface area (Å²) in [5.41, 5.74) is 1.23. The van der Waals surface area contributed by atoms with Gasteiger partial charge in [0, 0.05) is 53.4 Å². The molecular formula is C20H32IN5O. The van der Waals surface area contributed by atoms with Crippen LogP contribution >= 0.6 is 24.0 Å². The van der Waals surface area contributed by atoms with Gasteiger partial charge < -0.3 is 15.1 Å². The normalized spacial score (nSPS) is 15.5. The summed E-state index contributed by atoms with van der Waals surface area (Å²) in [6, 6.07) is 10.4. The van der Waals surface area contributed by atoms with Gasteiger partial charge in [-0.15, -0.1) is 24.0 Å². The van der Waals surface area contributed by atoms with E-state index in [1.807, 2.05) is 13.0 Å². The van der Waals surface area contributed by atoms with Crippen molar-refractivity contribution in [3.05, 3.63) is 42.0 Å². The van der Waals surface area contributed by atoms with Gasteiger partial charge in [-0.05, 0) is 12.5 Å². The van der Waals surface area contributed by atoms with Crippen LogP contribution < -0.4 is 5.32 Å². The summed E-state index contributed by atoms with van der Waals surface area (Å²) >= 11 is 0. The number of carbonyl (C=O) groups excluding carboxylic acids is 1. The first-order chi connectivity index (χ1) is 12.6. The largest absolute Gasteiger partial charge is 0.357 e. The number of rotatable bonds is 6.